The Morgan fingerprint density at radius 2 is 2.10 bits per heavy atom. The topological polar surface area (TPSA) is 75.3 Å². The monoisotopic (exact) mass is 270 g/mol. The van der Waals surface area contributed by atoms with Crippen LogP contribution >= 0.6 is 0 Å². The highest BCUT2D eigenvalue weighted by Crippen LogP contribution is 2.36. The number of benzene rings is 1. The summed E-state index contributed by atoms with van der Waals surface area (Å²) in [5.41, 5.74) is 8.04. The van der Waals surface area contributed by atoms with Crippen LogP contribution in [0.5, 0.6) is 0 Å². The van der Waals surface area contributed by atoms with Gasteiger partial charge in [-0.1, -0.05) is 12.1 Å². The molecular weight excluding hydrogens is 252 g/mol. The first-order chi connectivity index (χ1) is 9.45. The number of aliphatic hydroxyl groups is 1. The van der Waals surface area contributed by atoms with Gasteiger partial charge in [-0.2, -0.15) is 4.98 Å². The van der Waals surface area contributed by atoms with Crippen molar-refractivity contribution in [3.05, 3.63) is 41.6 Å². The van der Waals surface area contributed by atoms with Crippen molar-refractivity contribution in [1.82, 2.24) is 9.97 Å². The van der Waals surface area contributed by atoms with Gasteiger partial charge in [0.15, 0.2) is 0 Å². The molecule has 1 aromatic carbocycles. The van der Waals surface area contributed by atoms with E-state index in [-0.39, 0.29) is 5.95 Å². The molecule has 0 atom stereocenters. The molecule has 2 heterocycles. The minimum absolute atomic E-state index is 0.273. The Hall–Kier alpha value is -2.14. The molecule has 1 aromatic heterocycles. The van der Waals surface area contributed by atoms with Gasteiger partial charge in [-0.05, 0) is 43.5 Å². The van der Waals surface area contributed by atoms with Crippen molar-refractivity contribution in [2.45, 2.75) is 25.9 Å². The number of aromatic nitrogens is 2. The summed E-state index contributed by atoms with van der Waals surface area (Å²) in [5, 5.41) is 10.2. The molecule has 0 saturated heterocycles. The molecule has 0 radical (unpaired) electrons. The zero-order valence-electron chi connectivity index (χ0n) is 11.7. The first-order valence-corrected chi connectivity index (χ1v) is 6.67. The third-order valence-electron chi connectivity index (χ3n) is 3.62. The maximum atomic E-state index is 10.2. The van der Waals surface area contributed by atoms with E-state index >= 15 is 0 Å². The molecule has 0 amide bonds. The molecule has 1 aliphatic rings. The number of fused-ring (bicyclic) bond motifs is 1. The smallest absolute Gasteiger partial charge is 0.221 e. The van der Waals surface area contributed by atoms with Crippen LogP contribution in [0.15, 0.2) is 30.5 Å². The molecule has 0 fully saturated rings. The number of hydrogen-bond donors (Lipinski definition) is 2. The highest BCUT2D eigenvalue weighted by molar-refractivity contribution is 5.69. The van der Waals surface area contributed by atoms with Gasteiger partial charge in [0, 0.05) is 18.4 Å². The van der Waals surface area contributed by atoms with Gasteiger partial charge in [-0.3, -0.25) is 0 Å². The molecule has 5 nitrogen and oxygen atoms in total. The van der Waals surface area contributed by atoms with Crippen LogP contribution in [0.2, 0.25) is 0 Å². The van der Waals surface area contributed by atoms with Gasteiger partial charge >= 0.3 is 0 Å². The molecule has 104 valence electrons. The van der Waals surface area contributed by atoms with Crippen molar-refractivity contribution < 1.29 is 5.11 Å². The van der Waals surface area contributed by atoms with Crippen LogP contribution in [0, 0.1) is 0 Å². The summed E-state index contributed by atoms with van der Waals surface area (Å²) >= 11 is 0. The minimum Gasteiger partial charge on any atom is -0.386 e. The van der Waals surface area contributed by atoms with Crippen molar-refractivity contribution >= 4 is 17.5 Å². The van der Waals surface area contributed by atoms with E-state index < -0.39 is 5.60 Å². The van der Waals surface area contributed by atoms with Crippen molar-refractivity contribution in [3.8, 4) is 0 Å². The normalized spacial score (nSPS) is 14.4. The molecule has 3 rings (SSSR count). The minimum atomic E-state index is -0.853. The van der Waals surface area contributed by atoms with E-state index in [9.17, 15) is 5.11 Å². The summed E-state index contributed by atoms with van der Waals surface area (Å²) in [6.45, 7) is 4.44. The van der Waals surface area contributed by atoms with E-state index in [4.69, 9.17) is 5.73 Å². The summed E-state index contributed by atoms with van der Waals surface area (Å²) < 4.78 is 0. The van der Waals surface area contributed by atoms with Crippen molar-refractivity contribution in [2.24, 2.45) is 0 Å². The first-order valence-electron chi connectivity index (χ1n) is 6.67. The van der Waals surface area contributed by atoms with Crippen molar-refractivity contribution in [1.29, 1.82) is 0 Å². The number of hydrogen-bond acceptors (Lipinski definition) is 5. The van der Waals surface area contributed by atoms with Crippen molar-refractivity contribution in [2.75, 3.05) is 17.2 Å². The third kappa shape index (κ3) is 2.20. The summed E-state index contributed by atoms with van der Waals surface area (Å²) in [4.78, 5) is 10.3. The third-order valence-corrected chi connectivity index (χ3v) is 3.62. The van der Waals surface area contributed by atoms with Gasteiger partial charge in [-0.25, -0.2) is 4.98 Å². The Balaban J connectivity index is 2.05. The fraction of sp³-hybridized carbons (Fsp3) is 0.333. The quantitative estimate of drug-likeness (QED) is 0.872. The Morgan fingerprint density at radius 3 is 2.80 bits per heavy atom. The highest BCUT2D eigenvalue weighted by Gasteiger charge is 2.25. The maximum Gasteiger partial charge on any atom is 0.221 e. The number of nitrogen functional groups attached to an aromatic ring is 1. The maximum absolute atomic E-state index is 10.2. The molecule has 5 heteroatoms. The lowest BCUT2D eigenvalue weighted by atomic mass is 9.96. The second kappa shape index (κ2) is 4.45. The number of nitrogens with two attached hydrogens (primary N) is 1. The van der Waals surface area contributed by atoms with Gasteiger partial charge in [-0.15, -0.1) is 0 Å². The van der Waals surface area contributed by atoms with Crippen LogP contribution in [-0.4, -0.2) is 21.6 Å². The molecule has 3 N–H and O–H groups in total. The van der Waals surface area contributed by atoms with E-state index in [0.29, 0.717) is 0 Å². The fourth-order valence-corrected chi connectivity index (χ4v) is 2.51. The lowest BCUT2D eigenvalue weighted by molar-refractivity contribution is 0.0786. The van der Waals surface area contributed by atoms with Gasteiger partial charge in [0.25, 0.3) is 0 Å². The van der Waals surface area contributed by atoms with E-state index in [2.05, 4.69) is 20.9 Å². The molecule has 20 heavy (non-hydrogen) atoms. The predicted octanol–water partition coefficient (Wildman–Crippen LogP) is 1.98. The van der Waals surface area contributed by atoms with Gasteiger partial charge in [0.05, 0.1) is 5.60 Å². The predicted molar refractivity (Wildman–Crippen MR) is 78.8 cm³/mol. The van der Waals surface area contributed by atoms with Crippen LogP contribution in [-0.2, 0) is 12.0 Å². The second-order valence-corrected chi connectivity index (χ2v) is 5.58. The summed E-state index contributed by atoms with van der Waals surface area (Å²) in [7, 11) is 0. The number of anilines is 3. The van der Waals surface area contributed by atoms with E-state index in [1.807, 2.05) is 18.2 Å². The zero-order chi connectivity index (χ0) is 14.3. The summed E-state index contributed by atoms with van der Waals surface area (Å²) in [6, 6.07) is 7.94. The Labute approximate surface area is 118 Å². The van der Waals surface area contributed by atoms with Crippen molar-refractivity contribution in [3.63, 3.8) is 0 Å². The Bertz CT molecular complexity index is 649. The molecular formula is C15H18N4O. The summed E-state index contributed by atoms with van der Waals surface area (Å²) in [5.74, 6) is 1.07. The van der Waals surface area contributed by atoms with Crippen LogP contribution in [0.4, 0.5) is 17.5 Å². The summed E-state index contributed by atoms with van der Waals surface area (Å²) in [6.07, 6.45) is 2.63. The lowest BCUT2D eigenvalue weighted by Gasteiger charge is -2.22. The Morgan fingerprint density at radius 1 is 1.30 bits per heavy atom. The zero-order valence-corrected chi connectivity index (χ0v) is 11.7. The standard InChI is InChI=1S/C15H18N4O/c1-15(2,20)11-4-3-10-6-8-19(12(10)9-11)13-5-7-17-14(16)18-13/h3-5,7,9,20H,6,8H2,1-2H3,(H2,16,17,18). The van der Waals surface area contributed by atoms with Gasteiger partial charge in [0.2, 0.25) is 5.95 Å². The van der Waals surface area contributed by atoms with E-state index in [0.717, 1.165) is 30.0 Å². The molecule has 1 aliphatic heterocycles. The van der Waals surface area contributed by atoms with Crippen LogP contribution in [0.25, 0.3) is 0 Å². The molecule has 0 unspecified atom stereocenters. The average molecular weight is 270 g/mol. The van der Waals surface area contributed by atoms with Crippen LogP contribution in [0.1, 0.15) is 25.0 Å². The molecule has 0 aliphatic carbocycles. The first kappa shape index (κ1) is 12.9. The lowest BCUT2D eigenvalue weighted by Crippen LogP contribution is -2.18. The van der Waals surface area contributed by atoms with E-state index in [1.165, 1.54) is 5.56 Å². The van der Waals surface area contributed by atoms with Gasteiger partial charge < -0.3 is 15.7 Å². The van der Waals surface area contributed by atoms with Crippen LogP contribution < -0.4 is 10.6 Å². The van der Waals surface area contributed by atoms with Gasteiger partial charge in [0.1, 0.15) is 5.82 Å². The van der Waals surface area contributed by atoms with Crippen LogP contribution in [0.3, 0.4) is 0 Å². The number of rotatable bonds is 2. The SMILES string of the molecule is CC(C)(O)c1ccc2c(c1)N(c1ccnc(N)n1)CC2. The molecule has 2 aromatic rings. The molecule has 0 saturated carbocycles. The molecule has 0 spiro atoms. The second-order valence-electron chi connectivity index (χ2n) is 5.58. The Kier molecular flexibility index (Phi) is 2.87. The molecule has 0 bridgehead atoms. The highest BCUT2D eigenvalue weighted by atomic mass is 16.3. The van der Waals surface area contributed by atoms with E-state index in [1.54, 1.807) is 20.0 Å². The number of nitrogens with zero attached hydrogens (tertiary/aromatic N) is 3. The fourth-order valence-electron chi connectivity index (χ4n) is 2.51. The largest absolute Gasteiger partial charge is 0.386 e. The average Bonchev–Trinajstić information content (AvgIpc) is 2.80.